The van der Waals surface area contributed by atoms with Crippen molar-refractivity contribution in [2.75, 3.05) is 18.5 Å². The molecule has 0 aliphatic rings. The van der Waals surface area contributed by atoms with Crippen molar-refractivity contribution in [2.24, 2.45) is 0 Å². The Balaban J connectivity index is 1.93. The van der Waals surface area contributed by atoms with Gasteiger partial charge in [-0.05, 0) is 49.2 Å². The second kappa shape index (κ2) is 8.79. The first-order chi connectivity index (χ1) is 12.0. The molecule has 3 N–H and O–H groups in total. The van der Waals surface area contributed by atoms with E-state index in [2.05, 4.69) is 10.6 Å². The van der Waals surface area contributed by atoms with Crippen LogP contribution in [0.25, 0.3) is 0 Å². The molecular weight excluding hydrogens is 322 g/mol. The molecule has 2 rings (SSSR count). The van der Waals surface area contributed by atoms with Crippen LogP contribution in [0.5, 0.6) is 0 Å². The third kappa shape index (κ3) is 5.58. The van der Waals surface area contributed by atoms with Gasteiger partial charge in [0.25, 0.3) is 11.5 Å². The van der Waals surface area contributed by atoms with E-state index in [-0.39, 0.29) is 30.5 Å². The Bertz CT molecular complexity index is 797. The Morgan fingerprint density at radius 3 is 2.52 bits per heavy atom. The van der Waals surface area contributed by atoms with Crippen LogP contribution in [0.1, 0.15) is 22.3 Å². The van der Waals surface area contributed by atoms with Gasteiger partial charge in [-0.1, -0.05) is 0 Å². The number of nitrogens with zero attached hydrogens (tertiary/aromatic N) is 1. The van der Waals surface area contributed by atoms with Crippen molar-refractivity contribution in [3.8, 4) is 0 Å². The first-order valence-electron chi connectivity index (χ1n) is 7.95. The molecule has 0 saturated carbocycles. The highest BCUT2D eigenvalue weighted by Gasteiger charge is 2.07. The number of aromatic nitrogens is 1. The molecule has 7 nitrogen and oxygen atoms in total. The molecule has 0 spiro atoms. The molecule has 0 radical (unpaired) electrons. The quantitative estimate of drug-likeness (QED) is 0.651. The number of aryl methyl sites for hydroxylation is 1. The number of hydrogen-bond donors (Lipinski definition) is 3. The minimum absolute atomic E-state index is 0.0231. The fraction of sp³-hybridized carbons (Fsp3) is 0.278. The number of carbonyl (C=O) groups is 2. The normalized spacial score (nSPS) is 10.3. The van der Waals surface area contributed by atoms with Crippen LogP contribution < -0.4 is 16.2 Å². The van der Waals surface area contributed by atoms with Gasteiger partial charge in [-0.3, -0.25) is 14.4 Å². The predicted octanol–water partition coefficient (Wildman–Crippen LogP) is 0.908. The summed E-state index contributed by atoms with van der Waals surface area (Å²) in [4.78, 5) is 35.7. The zero-order valence-corrected chi connectivity index (χ0v) is 14.0. The Morgan fingerprint density at radius 2 is 1.88 bits per heavy atom. The van der Waals surface area contributed by atoms with E-state index in [1.54, 1.807) is 36.5 Å². The number of pyridine rings is 1. The summed E-state index contributed by atoms with van der Waals surface area (Å²) in [6, 6.07) is 9.67. The summed E-state index contributed by atoms with van der Waals surface area (Å²) in [5.74, 6) is -0.566. The second-order valence-electron chi connectivity index (χ2n) is 5.63. The molecule has 2 amide bonds. The number of benzene rings is 1. The van der Waals surface area contributed by atoms with Crippen LogP contribution in [-0.4, -0.2) is 34.6 Å². The number of anilines is 1. The maximum absolute atomic E-state index is 12.0. The second-order valence-corrected chi connectivity index (χ2v) is 5.63. The van der Waals surface area contributed by atoms with Crippen molar-refractivity contribution in [2.45, 2.75) is 19.9 Å². The minimum Gasteiger partial charge on any atom is -0.396 e. The molecule has 1 heterocycles. The Kier molecular flexibility index (Phi) is 6.47. The lowest BCUT2D eigenvalue weighted by Crippen LogP contribution is -2.27. The summed E-state index contributed by atoms with van der Waals surface area (Å²) in [7, 11) is 0. The van der Waals surface area contributed by atoms with Crippen LogP contribution in [0, 0.1) is 6.92 Å². The topological polar surface area (TPSA) is 100 Å². The zero-order chi connectivity index (χ0) is 18.2. The molecule has 0 aliphatic carbocycles. The van der Waals surface area contributed by atoms with E-state index in [9.17, 15) is 14.4 Å². The van der Waals surface area contributed by atoms with Crippen molar-refractivity contribution in [3.05, 3.63) is 64.1 Å². The van der Waals surface area contributed by atoms with E-state index in [4.69, 9.17) is 5.11 Å². The van der Waals surface area contributed by atoms with Crippen molar-refractivity contribution >= 4 is 17.5 Å². The van der Waals surface area contributed by atoms with Crippen molar-refractivity contribution < 1.29 is 14.7 Å². The number of hydrogen-bond acceptors (Lipinski definition) is 4. The van der Waals surface area contributed by atoms with Crippen LogP contribution in [-0.2, 0) is 11.3 Å². The summed E-state index contributed by atoms with van der Waals surface area (Å²) in [6.07, 6.45) is 2.08. The predicted molar refractivity (Wildman–Crippen MR) is 94.5 cm³/mol. The van der Waals surface area contributed by atoms with E-state index in [0.29, 0.717) is 24.2 Å². The number of aliphatic hydroxyl groups is 1. The van der Waals surface area contributed by atoms with Gasteiger partial charge in [0, 0.05) is 36.7 Å². The van der Waals surface area contributed by atoms with Crippen molar-refractivity contribution in [3.63, 3.8) is 0 Å². The van der Waals surface area contributed by atoms with Crippen LogP contribution in [0.2, 0.25) is 0 Å². The fourth-order valence-corrected chi connectivity index (χ4v) is 2.18. The van der Waals surface area contributed by atoms with Gasteiger partial charge in [0.1, 0.15) is 6.54 Å². The molecule has 25 heavy (non-hydrogen) atoms. The summed E-state index contributed by atoms with van der Waals surface area (Å²) in [5, 5.41) is 14.1. The third-order valence-corrected chi connectivity index (χ3v) is 3.52. The molecule has 0 atom stereocenters. The molecule has 7 heteroatoms. The van der Waals surface area contributed by atoms with Crippen LogP contribution >= 0.6 is 0 Å². The first kappa shape index (κ1) is 18.4. The number of rotatable bonds is 7. The van der Waals surface area contributed by atoms with Crippen molar-refractivity contribution in [1.29, 1.82) is 0 Å². The Labute approximate surface area is 145 Å². The number of nitrogens with one attached hydrogen (secondary N) is 2. The van der Waals surface area contributed by atoms with Crippen LogP contribution in [0.4, 0.5) is 5.69 Å². The number of aliphatic hydroxyl groups excluding tert-OH is 1. The third-order valence-electron chi connectivity index (χ3n) is 3.52. The zero-order valence-electron chi connectivity index (χ0n) is 14.0. The molecule has 0 aliphatic heterocycles. The number of carbonyl (C=O) groups excluding carboxylic acids is 2. The largest absolute Gasteiger partial charge is 0.396 e. The fourth-order valence-electron chi connectivity index (χ4n) is 2.18. The molecule has 0 bridgehead atoms. The first-order valence-corrected chi connectivity index (χ1v) is 7.95. The van der Waals surface area contributed by atoms with E-state index < -0.39 is 0 Å². The molecule has 1 aromatic heterocycles. The summed E-state index contributed by atoms with van der Waals surface area (Å²) in [5.41, 5.74) is 1.61. The lowest BCUT2D eigenvalue weighted by Gasteiger charge is -2.09. The molecule has 0 fully saturated rings. The highest BCUT2D eigenvalue weighted by atomic mass is 16.3. The van der Waals surface area contributed by atoms with Gasteiger partial charge in [-0.25, -0.2) is 0 Å². The van der Waals surface area contributed by atoms with Gasteiger partial charge < -0.3 is 20.3 Å². The number of amides is 2. The van der Waals surface area contributed by atoms with Gasteiger partial charge in [0.05, 0.1) is 0 Å². The smallest absolute Gasteiger partial charge is 0.251 e. The maximum Gasteiger partial charge on any atom is 0.251 e. The summed E-state index contributed by atoms with van der Waals surface area (Å²) < 4.78 is 1.32. The lowest BCUT2D eigenvalue weighted by atomic mass is 10.2. The monoisotopic (exact) mass is 343 g/mol. The molecule has 2 aromatic rings. The van der Waals surface area contributed by atoms with E-state index >= 15 is 0 Å². The lowest BCUT2D eigenvalue weighted by molar-refractivity contribution is -0.116. The van der Waals surface area contributed by atoms with Crippen molar-refractivity contribution in [1.82, 2.24) is 9.88 Å². The summed E-state index contributed by atoms with van der Waals surface area (Å²) >= 11 is 0. The highest BCUT2D eigenvalue weighted by molar-refractivity contribution is 5.95. The average Bonchev–Trinajstić information content (AvgIpc) is 2.58. The average molecular weight is 343 g/mol. The van der Waals surface area contributed by atoms with E-state index in [1.807, 2.05) is 6.92 Å². The summed E-state index contributed by atoms with van der Waals surface area (Å²) in [6.45, 7) is 2.16. The van der Waals surface area contributed by atoms with Crippen LogP contribution in [0.15, 0.2) is 47.4 Å². The van der Waals surface area contributed by atoms with Gasteiger partial charge in [0.15, 0.2) is 0 Å². The molecule has 0 unspecified atom stereocenters. The van der Waals surface area contributed by atoms with Gasteiger partial charge >= 0.3 is 0 Å². The van der Waals surface area contributed by atoms with Gasteiger partial charge in [-0.15, -0.1) is 0 Å². The Morgan fingerprint density at radius 1 is 1.16 bits per heavy atom. The van der Waals surface area contributed by atoms with Gasteiger partial charge in [0.2, 0.25) is 5.91 Å². The molecule has 132 valence electrons. The Hall–Kier alpha value is -2.93. The van der Waals surface area contributed by atoms with Crippen LogP contribution in [0.3, 0.4) is 0 Å². The molecule has 1 aromatic carbocycles. The standard InChI is InChI=1S/C18H21N3O4/c1-13-7-9-21(17(24)11-13)12-16(23)20-15-5-3-14(4-6-15)18(25)19-8-2-10-22/h3-7,9,11,22H,2,8,10,12H2,1H3,(H,19,25)(H,20,23). The van der Waals surface area contributed by atoms with E-state index in [1.165, 1.54) is 10.6 Å². The molecular formula is C18H21N3O4. The van der Waals surface area contributed by atoms with Gasteiger partial charge in [-0.2, -0.15) is 0 Å². The van der Waals surface area contributed by atoms with E-state index in [0.717, 1.165) is 5.56 Å². The SMILES string of the molecule is Cc1ccn(CC(=O)Nc2ccc(C(=O)NCCCO)cc2)c(=O)c1. The maximum atomic E-state index is 12.0. The highest BCUT2D eigenvalue weighted by Crippen LogP contribution is 2.09. The minimum atomic E-state index is -0.328. The molecule has 0 saturated heterocycles.